The van der Waals surface area contributed by atoms with Crippen LogP contribution >= 0.6 is 0 Å². The van der Waals surface area contributed by atoms with Crippen LogP contribution in [0.3, 0.4) is 0 Å². The summed E-state index contributed by atoms with van der Waals surface area (Å²) in [6.07, 6.45) is 1.30. The molecule has 1 aromatic carbocycles. The fourth-order valence-corrected chi connectivity index (χ4v) is 2.90. The number of likely N-dealkylation sites (tertiary alicyclic amines) is 1. The van der Waals surface area contributed by atoms with E-state index in [0.717, 1.165) is 6.54 Å². The zero-order chi connectivity index (χ0) is 11.6. The van der Waals surface area contributed by atoms with Gasteiger partial charge in [0.2, 0.25) is 0 Å². The maximum atomic E-state index is 3.53. The van der Waals surface area contributed by atoms with Crippen molar-refractivity contribution in [1.82, 2.24) is 4.90 Å². The van der Waals surface area contributed by atoms with E-state index in [9.17, 15) is 0 Å². The Hall–Kier alpha value is -1.02. The molecule has 0 aromatic heterocycles. The van der Waals surface area contributed by atoms with Crippen LogP contribution in [0.5, 0.6) is 0 Å². The summed E-state index contributed by atoms with van der Waals surface area (Å²) in [5.41, 5.74) is 3.29. The van der Waals surface area contributed by atoms with Gasteiger partial charge in [-0.1, -0.05) is 32.0 Å². The molecule has 0 bridgehead atoms. The highest BCUT2D eigenvalue weighted by Crippen LogP contribution is 2.42. The average Bonchev–Trinajstić information content (AvgIpc) is 2.89. The van der Waals surface area contributed by atoms with Crippen molar-refractivity contribution >= 4 is 5.69 Å². The third-order valence-electron chi connectivity index (χ3n) is 3.66. The van der Waals surface area contributed by atoms with Crippen molar-refractivity contribution in [1.29, 1.82) is 0 Å². The van der Waals surface area contributed by atoms with Crippen LogP contribution in [-0.2, 0) is 5.41 Å². The predicted molar refractivity (Wildman–Crippen MR) is 70.1 cm³/mol. The van der Waals surface area contributed by atoms with E-state index in [-0.39, 0.29) is 0 Å². The topological polar surface area (TPSA) is 15.3 Å². The molecule has 0 aliphatic carbocycles. The van der Waals surface area contributed by atoms with Crippen molar-refractivity contribution in [3.8, 4) is 0 Å². The minimum Gasteiger partial charge on any atom is -0.384 e. The first kappa shape index (κ1) is 11.5. The third-order valence-corrected chi connectivity index (χ3v) is 3.66. The van der Waals surface area contributed by atoms with E-state index < -0.39 is 0 Å². The number of anilines is 1. The lowest BCUT2D eigenvalue weighted by molar-refractivity contribution is 0.381. The van der Waals surface area contributed by atoms with E-state index in [1.54, 1.807) is 0 Å². The molecule has 16 heavy (non-hydrogen) atoms. The van der Waals surface area contributed by atoms with Crippen molar-refractivity contribution in [3.05, 3.63) is 29.8 Å². The Bertz CT molecular complexity index is 358. The van der Waals surface area contributed by atoms with Gasteiger partial charge in [0.15, 0.2) is 0 Å². The highest BCUT2D eigenvalue weighted by Gasteiger charge is 2.42. The summed E-state index contributed by atoms with van der Waals surface area (Å²) in [4.78, 5) is 2.43. The highest BCUT2D eigenvalue weighted by atomic mass is 15.1. The Morgan fingerprint density at radius 3 is 2.69 bits per heavy atom. The van der Waals surface area contributed by atoms with Crippen LogP contribution < -0.4 is 5.32 Å². The number of fused-ring (bicyclic) bond motifs is 2. The van der Waals surface area contributed by atoms with Gasteiger partial charge >= 0.3 is 0 Å². The van der Waals surface area contributed by atoms with E-state index >= 15 is 0 Å². The van der Waals surface area contributed by atoms with Crippen LogP contribution in [0.25, 0.3) is 0 Å². The molecule has 1 spiro atoms. The van der Waals surface area contributed by atoms with Gasteiger partial charge in [-0.15, -0.1) is 0 Å². The van der Waals surface area contributed by atoms with Crippen molar-refractivity contribution in [2.24, 2.45) is 0 Å². The second kappa shape index (κ2) is 4.46. The standard InChI is InChI=1S/C12H16N2.C2H6/c1-14-7-6-12(9-14)8-13-11-5-3-2-4-10(11)12;1-2/h2-5,13H,6-9H2,1H3;1-2H3. The third kappa shape index (κ3) is 1.71. The molecule has 0 amide bonds. The number of nitrogens with one attached hydrogen (secondary N) is 1. The molecule has 2 aliphatic heterocycles. The molecule has 0 saturated carbocycles. The van der Waals surface area contributed by atoms with E-state index in [4.69, 9.17) is 0 Å². The maximum Gasteiger partial charge on any atom is 0.0379 e. The van der Waals surface area contributed by atoms with Crippen LogP contribution in [0.2, 0.25) is 0 Å². The number of rotatable bonds is 0. The van der Waals surface area contributed by atoms with Gasteiger partial charge in [-0.3, -0.25) is 0 Å². The zero-order valence-corrected chi connectivity index (χ0v) is 10.6. The number of hydrogen-bond donors (Lipinski definition) is 1. The molecule has 3 rings (SSSR count). The molecule has 2 heterocycles. The summed E-state index contributed by atoms with van der Waals surface area (Å²) in [7, 11) is 2.22. The normalized spacial score (nSPS) is 27.2. The second-order valence-corrected chi connectivity index (χ2v) is 4.67. The SMILES string of the molecule is CC.CN1CCC2(CNc3ccccc32)C1. The molecule has 1 saturated heterocycles. The molecular formula is C14H22N2. The largest absolute Gasteiger partial charge is 0.384 e. The smallest absolute Gasteiger partial charge is 0.0379 e. The first-order valence-electron chi connectivity index (χ1n) is 6.32. The Morgan fingerprint density at radius 2 is 2.00 bits per heavy atom. The molecule has 1 fully saturated rings. The van der Waals surface area contributed by atoms with Gasteiger partial charge in [-0.25, -0.2) is 0 Å². The lowest BCUT2D eigenvalue weighted by atomic mass is 9.82. The first-order valence-corrected chi connectivity index (χ1v) is 6.32. The molecule has 2 heteroatoms. The van der Waals surface area contributed by atoms with E-state index in [0.29, 0.717) is 5.41 Å². The Morgan fingerprint density at radius 1 is 1.25 bits per heavy atom. The van der Waals surface area contributed by atoms with Gasteiger partial charge in [-0.2, -0.15) is 0 Å². The highest BCUT2D eigenvalue weighted by molar-refractivity contribution is 5.60. The van der Waals surface area contributed by atoms with Crippen molar-refractivity contribution < 1.29 is 0 Å². The predicted octanol–water partition coefficient (Wildman–Crippen LogP) is 2.71. The lowest BCUT2D eigenvalue weighted by Gasteiger charge is -2.22. The number of para-hydroxylation sites is 1. The molecule has 88 valence electrons. The molecule has 0 radical (unpaired) electrons. The number of nitrogens with zero attached hydrogens (tertiary/aromatic N) is 1. The second-order valence-electron chi connectivity index (χ2n) is 4.67. The molecule has 2 nitrogen and oxygen atoms in total. The van der Waals surface area contributed by atoms with Crippen molar-refractivity contribution in [2.45, 2.75) is 25.7 Å². The number of hydrogen-bond acceptors (Lipinski definition) is 2. The molecule has 1 unspecified atom stereocenters. The molecular weight excluding hydrogens is 196 g/mol. The lowest BCUT2D eigenvalue weighted by Crippen LogP contribution is -2.31. The Balaban J connectivity index is 0.000000457. The van der Waals surface area contributed by atoms with Gasteiger partial charge in [0, 0.05) is 24.2 Å². The number of benzene rings is 1. The van der Waals surface area contributed by atoms with Crippen molar-refractivity contribution in [2.75, 3.05) is 32.0 Å². The van der Waals surface area contributed by atoms with Gasteiger partial charge in [-0.05, 0) is 31.6 Å². The minimum absolute atomic E-state index is 0.408. The molecule has 1 N–H and O–H groups in total. The quantitative estimate of drug-likeness (QED) is 0.720. The summed E-state index contributed by atoms with van der Waals surface area (Å²) in [5.74, 6) is 0. The summed E-state index contributed by atoms with van der Waals surface area (Å²) >= 11 is 0. The van der Waals surface area contributed by atoms with Gasteiger partial charge in [0.1, 0.15) is 0 Å². The Kier molecular flexibility index (Phi) is 3.20. The fourth-order valence-electron chi connectivity index (χ4n) is 2.90. The monoisotopic (exact) mass is 218 g/mol. The summed E-state index contributed by atoms with van der Waals surface area (Å²) < 4.78 is 0. The van der Waals surface area contributed by atoms with Gasteiger partial charge in [0.05, 0.1) is 0 Å². The van der Waals surface area contributed by atoms with E-state index in [1.165, 1.54) is 30.8 Å². The molecule has 1 atom stereocenters. The minimum atomic E-state index is 0.408. The first-order chi connectivity index (χ1) is 7.80. The van der Waals surface area contributed by atoms with E-state index in [1.807, 2.05) is 13.8 Å². The van der Waals surface area contributed by atoms with E-state index in [2.05, 4.69) is 41.5 Å². The molecule has 2 aliphatic rings. The Labute approximate surface area is 98.7 Å². The fraction of sp³-hybridized carbons (Fsp3) is 0.571. The van der Waals surface area contributed by atoms with Gasteiger partial charge in [0.25, 0.3) is 0 Å². The molecule has 1 aromatic rings. The van der Waals surface area contributed by atoms with Crippen LogP contribution in [0.4, 0.5) is 5.69 Å². The van der Waals surface area contributed by atoms with Crippen LogP contribution in [0, 0.1) is 0 Å². The van der Waals surface area contributed by atoms with Crippen LogP contribution in [0.15, 0.2) is 24.3 Å². The van der Waals surface area contributed by atoms with Crippen molar-refractivity contribution in [3.63, 3.8) is 0 Å². The number of likely N-dealkylation sites (N-methyl/N-ethyl adjacent to an activating group) is 1. The average molecular weight is 218 g/mol. The van der Waals surface area contributed by atoms with Crippen LogP contribution in [-0.4, -0.2) is 31.6 Å². The van der Waals surface area contributed by atoms with Gasteiger partial charge < -0.3 is 10.2 Å². The summed E-state index contributed by atoms with van der Waals surface area (Å²) in [6, 6.07) is 8.76. The zero-order valence-electron chi connectivity index (χ0n) is 10.6. The maximum absolute atomic E-state index is 3.53. The summed E-state index contributed by atoms with van der Waals surface area (Å²) in [6.45, 7) is 7.56. The van der Waals surface area contributed by atoms with Crippen LogP contribution in [0.1, 0.15) is 25.8 Å². The summed E-state index contributed by atoms with van der Waals surface area (Å²) in [5, 5.41) is 3.53.